The van der Waals surface area contributed by atoms with Crippen molar-refractivity contribution in [2.24, 2.45) is 0 Å². The van der Waals surface area contributed by atoms with Gasteiger partial charge in [-0.25, -0.2) is 0 Å². The van der Waals surface area contributed by atoms with E-state index in [1.807, 2.05) is 94.4 Å². The lowest BCUT2D eigenvalue weighted by Gasteiger charge is -2.25. The van der Waals surface area contributed by atoms with Gasteiger partial charge < -0.3 is 18.8 Å². The van der Waals surface area contributed by atoms with Crippen LogP contribution in [0.4, 0.5) is 0 Å². The molecule has 4 aromatic rings. The van der Waals surface area contributed by atoms with Crippen LogP contribution in [0.5, 0.6) is 5.75 Å². The minimum atomic E-state index is -0.540. The number of hydrogen-bond donors (Lipinski definition) is 0. The van der Waals surface area contributed by atoms with Crippen LogP contribution in [0.25, 0.3) is 11.0 Å². The molecule has 0 radical (unpaired) electrons. The molecule has 6 nitrogen and oxygen atoms in total. The van der Waals surface area contributed by atoms with Gasteiger partial charge >= 0.3 is 0 Å². The molecule has 196 valence electrons. The molecular formula is C32H33NO5. The van der Waals surface area contributed by atoms with E-state index in [1.54, 1.807) is 4.90 Å². The number of ether oxygens (including phenoxy) is 2. The van der Waals surface area contributed by atoms with Crippen LogP contribution in [0.3, 0.4) is 0 Å². The number of benzene rings is 3. The van der Waals surface area contributed by atoms with Gasteiger partial charge in [0, 0.05) is 13.2 Å². The van der Waals surface area contributed by atoms with Gasteiger partial charge in [-0.3, -0.25) is 9.59 Å². The van der Waals surface area contributed by atoms with E-state index in [0.717, 1.165) is 28.0 Å². The molecule has 1 unspecified atom stereocenters. The fourth-order valence-electron chi connectivity index (χ4n) is 4.89. The fourth-order valence-corrected chi connectivity index (χ4v) is 4.89. The molecule has 3 aromatic carbocycles. The lowest BCUT2D eigenvalue weighted by molar-refractivity contribution is 0.0593. The maximum absolute atomic E-state index is 13.8. The number of carbonyl (C=O) groups excluding carboxylic acids is 1. The Balaban J connectivity index is 1.50. The summed E-state index contributed by atoms with van der Waals surface area (Å²) in [6.45, 7) is 9.34. The smallest absolute Gasteiger partial charge is 0.290 e. The van der Waals surface area contributed by atoms with Crippen molar-refractivity contribution < 1.29 is 18.7 Å². The number of nitrogens with zero attached hydrogens (tertiary/aromatic N) is 1. The van der Waals surface area contributed by atoms with Gasteiger partial charge in [-0.2, -0.15) is 0 Å². The zero-order valence-electron chi connectivity index (χ0n) is 22.3. The van der Waals surface area contributed by atoms with Crippen LogP contribution in [0.1, 0.15) is 64.7 Å². The van der Waals surface area contributed by atoms with Gasteiger partial charge in [-0.05, 0) is 80.6 Å². The summed E-state index contributed by atoms with van der Waals surface area (Å²) in [7, 11) is 0. The first-order chi connectivity index (χ1) is 18.3. The highest BCUT2D eigenvalue weighted by Crippen LogP contribution is 2.39. The summed E-state index contributed by atoms with van der Waals surface area (Å²) in [6, 6.07) is 20.8. The number of aryl methyl sites for hydroxylation is 2. The highest BCUT2D eigenvalue weighted by Gasteiger charge is 2.42. The van der Waals surface area contributed by atoms with Crippen LogP contribution in [0.2, 0.25) is 0 Å². The van der Waals surface area contributed by atoms with Crippen LogP contribution in [-0.4, -0.2) is 30.1 Å². The topological polar surface area (TPSA) is 69.0 Å². The molecule has 1 aliphatic heterocycles. The van der Waals surface area contributed by atoms with Gasteiger partial charge in [0.1, 0.15) is 17.9 Å². The average molecular weight is 512 g/mol. The predicted octanol–water partition coefficient (Wildman–Crippen LogP) is 6.35. The Hall–Kier alpha value is -3.90. The lowest BCUT2D eigenvalue weighted by atomic mass is 9.97. The SMILES string of the molecule is Cc1cc2oc3c(c(=O)c2cc1C)C(c1ccc(OCc2ccccc2)cc1)N(CCCOC(C)C)C3=O. The molecule has 0 spiro atoms. The first-order valence-electron chi connectivity index (χ1n) is 13.1. The van der Waals surface area contributed by atoms with Crippen LogP contribution in [0, 0.1) is 13.8 Å². The summed E-state index contributed by atoms with van der Waals surface area (Å²) in [6.07, 6.45) is 0.763. The summed E-state index contributed by atoms with van der Waals surface area (Å²) >= 11 is 0. The molecule has 38 heavy (non-hydrogen) atoms. The molecule has 1 aliphatic rings. The summed E-state index contributed by atoms with van der Waals surface area (Å²) in [5, 5.41) is 0.498. The molecule has 0 saturated heterocycles. The minimum absolute atomic E-state index is 0.112. The molecule has 5 rings (SSSR count). The van der Waals surface area contributed by atoms with E-state index in [0.29, 0.717) is 42.7 Å². The van der Waals surface area contributed by atoms with Crippen molar-refractivity contribution in [3.63, 3.8) is 0 Å². The third-order valence-corrected chi connectivity index (χ3v) is 7.02. The zero-order chi connectivity index (χ0) is 26.8. The molecule has 6 heteroatoms. The van der Waals surface area contributed by atoms with Crippen molar-refractivity contribution in [1.29, 1.82) is 0 Å². The first-order valence-corrected chi connectivity index (χ1v) is 13.1. The largest absolute Gasteiger partial charge is 0.489 e. The van der Waals surface area contributed by atoms with Crippen molar-refractivity contribution in [3.8, 4) is 5.75 Å². The highest BCUT2D eigenvalue weighted by molar-refractivity contribution is 5.99. The number of amides is 1. The van der Waals surface area contributed by atoms with E-state index < -0.39 is 6.04 Å². The Labute approximate surface area is 222 Å². The van der Waals surface area contributed by atoms with E-state index >= 15 is 0 Å². The molecule has 1 aromatic heterocycles. The van der Waals surface area contributed by atoms with Gasteiger partial charge in [0.25, 0.3) is 5.91 Å². The zero-order valence-corrected chi connectivity index (χ0v) is 22.3. The molecule has 0 N–H and O–H groups in total. The van der Waals surface area contributed by atoms with Crippen LogP contribution >= 0.6 is 0 Å². The number of fused-ring (bicyclic) bond motifs is 2. The monoisotopic (exact) mass is 511 g/mol. The van der Waals surface area contributed by atoms with Crippen molar-refractivity contribution in [3.05, 3.63) is 111 Å². The number of rotatable bonds is 9. The second-order valence-corrected chi connectivity index (χ2v) is 10.1. The summed E-state index contributed by atoms with van der Waals surface area (Å²) < 4.78 is 17.8. The van der Waals surface area contributed by atoms with Gasteiger partial charge in [-0.1, -0.05) is 42.5 Å². The summed E-state index contributed by atoms with van der Waals surface area (Å²) in [4.78, 5) is 29.2. The molecule has 2 heterocycles. The maximum Gasteiger partial charge on any atom is 0.290 e. The van der Waals surface area contributed by atoms with Crippen molar-refractivity contribution in [2.75, 3.05) is 13.2 Å². The van der Waals surface area contributed by atoms with E-state index in [4.69, 9.17) is 13.9 Å². The van der Waals surface area contributed by atoms with Crippen LogP contribution in [0.15, 0.2) is 75.9 Å². The minimum Gasteiger partial charge on any atom is -0.489 e. The van der Waals surface area contributed by atoms with Crippen LogP contribution < -0.4 is 10.2 Å². The lowest BCUT2D eigenvalue weighted by Crippen LogP contribution is -2.31. The molecule has 1 amide bonds. The third-order valence-electron chi connectivity index (χ3n) is 7.02. The Bertz CT molecular complexity index is 1510. The van der Waals surface area contributed by atoms with E-state index in [9.17, 15) is 9.59 Å². The third kappa shape index (κ3) is 5.09. The summed E-state index contributed by atoms with van der Waals surface area (Å²) in [5.41, 5.74) is 4.62. The normalized spacial score (nSPS) is 14.9. The molecule has 0 aliphatic carbocycles. The van der Waals surface area contributed by atoms with Crippen molar-refractivity contribution in [1.82, 2.24) is 4.90 Å². The van der Waals surface area contributed by atoms with Crippen molar-refractivity contribution in [2.45, 2.75) is 52.9 Å². The van der Waals surface area contributed by atoms with Gasteiger partial charge in [0.05, 0.1) is 23.1 Å². The summed E-state index contributed by atoms with van der Waals surface area (Å²) in [5.74, 6) is 0.580. The van der Waals surface area contributed by atoms with E-state index in [-0.39, 0.29) is 23.2 Å². The Morgan fingerprint density at radius 3 is 2.37 bits per heavy atom. The van der Waals surface area contributed by atoms with E-state index in [2.05, 4.69) is 0 Å². The number of hydrogen-bond acceptors (Lipinski definition) is 5. The molecule has 0 fully saturated rings. The Kier molecular flexibility index (Phi) is 7.34. The molecule has 0 saturated carbocycles. The van der Waals surface area contributed by atoms with Gasteiger partial charge in [0.2, 0.25) is 5.76 Å². The van der Waals surface area contributed by atoms with Gasteiger partial charge in [-0.15, -0.1) is 0 Å². The van der Waals surface area contributed by atoms with E-state index in [1.165, 1.54) is 0 Å². The molecule has 1 atom stereocenters. The van der Waals surface area contributed by atoms with Crippen molar-refractivity contribution >= 4 is 16.9 Å². The first kappa shape index (κ1) is 25.7. The highest BCUT2D eigenvalue weighted by atomic mass is 16.5. The van der Waals surface area contributed by atoms with Gasteiger partial charge in [0.15, 0.2) is 5.43 Å². The maximum atomic E-state index is 13.8. The second-order valence-electron chi connectivity index (χ2n) is 10.1. The molecular weight excluding hydrogens is 478 g/mol. The number of carbonyl (C=O) groups is 1. The molecule has 0 bridgehead atoms. The standard InChI is InChI=1S/C32H33NO5/c1-20(2)36-16-8-15-33-29(24-11-13-25(14-12-24)37-19-23-9-6-5-7-10-23)28-30(34)26-17-21(3)22(4)18-27(26)38-31(28)32(33)35/h5-7,9-14,17-18,20,29H,8,15-16,19H2,1-4H3. The Morgan fingerprint density at radius 1 is 0.947 bits per heavy atom. The second kappa shape index (κ2) is 10.8. The Morgan fingerprint density at radius 2 is 1.66 bits per heavy atom. The van der Waals surface area contributed by atoms with Crippen LogP contribution in [-0.2, 0) is 11.3 Å². The fraction of sp³-hybridized carbons (Fsp3) is 0.312. The average Bonchev–Trinajstić information content (AvgIpc) is 3.19. The predicted molar refractivity (Wildman–Crippen MR) is 148 cm³/mol. The quantitative estimate of drug-likeness (QED) is 0.245.